The van der Waals surface area contributed by atoms with Crippen molar-refractivity contribution in [3.05, 3.63) is 35.2 Å². The zero-order valence-corrected chi connectivity index (χ0v) is 12.1. The average Bonchev–Trinajstić information content (AvgIpc) is 3.19. The molecule has 3 aromatic heterocycles. The lowest BCUT2D eigenvalue weighted by Gasteiger charge is -2.00. The molecule has 0 radical (unpaired) electrons. The summed E-state index contributed by atoms with van der Waals surface area (Å²) in [7, 11) is 0. The number of nitrogens with zero attached hydrogens (tertiary/aromatic N) is 4. The number of aromatic amines is 2. The summed E-state index contributed by atoms with van der Waals surface area (Å²) in [5.41, 5.74) is 1.20. The molecule has 0 aromatic carbocycles. The van der Waals surface area contributed by atoms with Crippen molar-refractivity contribution in [2.45, 2.75) is 13.3 Å². The molecule has 0 fully saturated rings. The molecule has 0 saturated carbocycles. The minimum atomic E-state index is -0.204. The highest BCUT2D eigenvalue weighted by Crippen LogP contribution is 2.20. The molecular weight excluding hydrogens is 290 g/mol. The van der Waals surface area contributed by atoms with Crippen molar-refractivity contribution in [2.24, 2.45) is 0 Å². The van der Waals surface area contributed by atoms with Crippen LogP contribution in [0.2, 0.25) is 0 Å². The number of aromatic nitrogens is 6. The van der Waals surface area contributed by atoms with Crippen LogP contribution in [-0.2, 0) is 6.42 Å². The monoisotopic (exact) mass is 303 g/mol. The molecule has 3 heterocycles. The Morgan fingerprint density at radius 2 is 2.33 bits per heavy atom. The van der Waals surface area contributed by atoms with Crippen molar-refractivity contribution < 1.29 is 4.79 Å². The van der Waals surface area contributed by atoms with E-state index in [1.165, 1.54) is 11.3 Å². The van der Waals surface area contributed by atoms with E-state index in [9.17, 15) is 4.79 Å². The van der Waals surface area contributed by atoms with Gasteiger partial charge < -0.3 is 10.3 Å². The Balaban J connectivity index is 1.56. The third-order valence-corrected chi connectivity index (χ3v) is 3.62. The van der Waals surface area contributed by atoms with Crippen LogP contribution in [-0.4, -0.2) is 42.6 Å². The first-order chi connectivity index (χ1) is 10.2. The molecule has 0 aliphatic heterocycles. The molecule has 1 amide bonds. The van der Waals surface area contributed by atoms with Gasteiger partial charge in [-0.3, -0.25) is 9.89 Å². The van der Waals surface area contributed by atoms with Gasteiger partial charge in [0.25, 0.3) is 5.91 Å². The Hall–Kier alpha value is -2.55. The SMILES string of the molecule is Cc1nc(CCNC(=O)c2csc(-c3cnc[nH]3)n2)n[nH]1. The van der Waals surface area contributed by atoms with E-state index in [1.807, 2.05) is 6.92 Å². The van der Waals surface area contributed by atoms with Gasteiger partial charge in [-0.25, -0.2) is 15.0 Å². The summed E-state index contributed by atoms with van der Waals surface area (Å²) in [5, 5.41) is 12.0. The van der Waals surface area contributed by atoms with Crippen LogP contribution >= 0.6 is 11.3 Å². The van der Waals surface area contributed by atoms with Crippen molar-refractivity contribution in [2.75, 3.05) is 6.54 Å². The van der Waals surface area contributed by atoms with Crippen molar-refractivity contribution in [1.29, 1.82) is 0 Å². The van der Waals surface area contributed by atoms with Gasteiger partial charge in [-0.05, 0) is 6.92 Å². The van der Waals surface area contributed by atoms with E-state index in [0.717, 1.165) is 16.5 Å². The molecule has 9 heteroatoms. The molecule has 21 heavy (non-hydrogen) atoms. The van der Waals surface area contributed by atoms with Crippen LogP contribution in [0.3, 0.4) is 0 Å². The average molecular weight is 303 g/mol. The summed E-state index contributed by atoms with van der Waals surface area (Å²) in [6.07, 6.45) is 3.83. The maximum atomic E-state index is 12.0. The number of carbonyl (C=O) groups is 1. The lowest BCUT2D eigenvalue weighted by atomic mass is 10.3. The summed E-state index contributed by atoms with van der Waals surface area (Å²) in [6, 6.07) is 0. The van der Waals surface area contributed by atoms with E-state index in [2.05, 4.69) is 35.5 Å². The highest BCUT2D eigenvalue weighted by atomic mass is 32.1. The number of amides is 1. The molecule has 0 bridgehead atoms. The highest BCUT2D eigenvalue weighted by molar-refractivity contribution is 7.13. The summed E-state index contributed by atoms with van der Waals surface area (Å²) in [6.45, 7) is 2.30. The Bertz CT molecular complexity index is 730. The Morgan fingerprint density at radius 3 is 3.05 bits per heavy atom. The number of thiazole rings is 1. The van der Waals surface area contributed by atoms with Gasteiger partial charge in [-0.2, -0.15) is 5.10 Å². The molecule has 3 aromatic rings. The number of nitrogens with one attached hydrogen (secondary N) is 3. The van der Waals surface area contributed by atoms with Gasteiger partial charge in [-0.15, -0.1) is 11.3 Å². The number of hydrogen-bond acceptors (Lipinski definition) is 6. The van der Waals surface area contributed by atoms with E-state index in [-0.39, 0.29) is 5.91 Å². The fourth-order valence-electron chi connectivity index (χ4n) is 1.75. The summed E-state index contributed by atoms with van der Waals surface area (Å²) >= 11 is 1.40. The molecule has 0 unspecified atom stereocenters. The molecule has 0 aliphatic carbocycles. The molecular formula is C12H13N7OS. The predicted molar refractivity (Wildman–Crippen MR) is 76.9 cm³/mol. The number of hydrogen-bond donors (Lipinski definition) is 3. The van der Waals surface area contributed by atoms with Crippen molar-refractivity contribution in [3.63, 3.8) is 0 Å². The molecule has 0 atom stereocenters. The molecule has 0 spiro atoms. The van der Waals surface area contributed by atoms with Gasteiger partial charge in [0.1, 0.15) is 16.5 Å². The number of imidazole rings is 1. The summed E-state index contributed by atoms with van der Waals surface area (Å²) < 4.78 is 0. The van der Waals surface area contributed by atoms with Gasteiger partial charge in [0.2, 0.25) is 0 Å². The van der Waals surface area contributed by atoms with Gasteiger partial charge in [0.05, 0.1) is 18.2 Å². The Morgan fingerprint density at radius 1 is 1.43 bits per heavy atom. The first kappa shape index (κ1) is 13.4. The van der Waals surface area contributed by atoms with Crippen LogP contribution in [0.25, 0.3) is 10.7 Å². The zero-order valence-electron chi connectivity index (χ0n) is 11.3. The van der Waals surface area contributed by atoms with Crippen LogP contribution in [0.15, 0.2) is 17.9 Å². The maximum absolute atomic E-state index is 12.0. The first-order valence-electron chi connectivity index (χ1n) is 6.33. The largest absolute Gasteiger partial charge is 0.350 e. The number of carbonyl (C=O) groups excluding carboxylic acids is 1. The first-order valence-corrected chi connectivity index (χ1v) is 7.20. The second-order valence-corrected chi connectivity index (χ2v) is 5.20. The Labute approximate surface area is 124 Å². The quantitative estimate of drug-likeness (QED) is 0.649. The highest BCUT2D eigenvalue weighted by Gasteiger charge is 2.12. The lowest BCUT2D eigenvalue weighted by Crippen LogP contribution is -2.26. The van der Waals surface area contributed by atoms with Crippen LogP contribution in [0, 0.1) is 6.92 Å². The fraction of sp³-hybridized carbons (Fsp3) is 0.250. The molecule has 3 rings (SSSR count). The second-order valence-electron chi connectivity index (χ2n) is 4.35. The number of H-pyrrole nitrogens is 2. The summed E-state index contributed by atoms with van der Waals surface area (Å²) in [4.78, 5) is 27.3. The van der Waals surface area contributed by atoms with Crippen LogP contribution in [0.1, 0.15) is 22.1 Å². The summed E-state index contributed by atoms with van der Waals surface area (Å²) in [5.74, 6) is 1.24. The Kier molecular flexibility index (Phi) is 3.73. The van der Waals surface area contributed by atoms with Gasteiger partial charge in [0.15, 0.2) is 5.82 Å². The van der Waals surface area contributed by atoms with Crippen LogP contribution < -0.4 is 5.32 Å². The van der Waals surface area contributed by atoms with Crippen molar-refractivity contribution >= 4 is 17.2 Å². The zero-order chi connectivity index (χ0) is 14.7. The topological polar surface area (TPSA) is 112 Å². The molecule has 8 nitrogen and oxygen atoms in total. The minimum absolute atomic E-state index is 0.204. The lowest BCUT2D eigenvalue weighted by molar-refractivity contribution is 0.0950. The normalized spacial score (nSPS) is 10.7. The van der Waals surface area contributed by atoms with Crippen molar-refractivity contribution in [1.82, 2.24) is 35.5 Å². The van der Waals surface area contributed by atoms with E-state index in [1.54, 1.807) is 17.9 Å². The second kappa shape index (κ2) is 5.83. The predicted octanol–water partition coefficient (Wildman–Crippen LogP) is 0.932. The molecule has 0 saturated heterocycles. The maximum Gasteiger partial charge on any atom is 0.270 e. The van der Waals surface area contributed by atoms with Gasteiger partial charge in [-0.1, -0.05) is 0 Å². The van der Waals surface area contributed by atoms with E-state index < -0.39 is 0 Å². The van der Waals surface area contributed by atoms with Gasteiger partial charge in [0, 0.05) is 18.3 Å². The standard InChI is InChI=1S/C12H13N7OS/c1-7-16-10(19-18-7)2-3-14-11(20)9-5-21-12(17-9)8-4-13-6-15-8/h4-6H,2-3H2,1H3,(H,13,15)(H,14,20)(H,16,18,19). The number of rotatable bonds is 5. The minimum Gasteiger partial charge on any atom is -0.350 e. The van der Waals surface area contributed by atoms with Gasteiger partial charge >= 0.3 is 0 Å². The van der Waals surface area contributed by atoms with E-state index >= 15 is 0 Å². The molecule has 0 aliphatic rings. The van der Waals surface area contributed by atoms with Crippen LogP contribution in [0.4, 0.5) is 0 Å². The molecule has 3 N–H and O–H groups in total. The fourth-order valence-corrected chi connectivity index (χ4v) is 2.53. The third kappa shape index (κ3) is 3.14. The third-order valence-electron chi connectivity index (χ3n) is 2.74. The van der Waals surface area contributed by atoms with E-state index in [4.69, 9.17) is 0 Å². The van der Waals surface area contributed by atoms with Crippen molar-refractivity contribution in [3.8, 4) is 10.7 Å². The number of aryl methyl sites for hydroxylation is 1. The molecule has 108 valence electrons. The van der Waals surface area contributed by atoms with Crippen LogP contribution in [0.5, 0.6) is 0 Å². The van der Waals surface area contributed by atoms with E-state index in [0.29, 0.717) is 24.5 Å². The smallest absolute Gasteiger partial charge is 0.270 e.